The highest BCUT2D eigenvalue weighted by molar-refractivity contribution is 7.07. The number of aliphatic carboxylic acids is 1. The smallest absolute Gasteiger partial charge is 0.354 e. The molecular formula is C23H25N5O5S. The summed E-state index contributed by atoms with van der Waals surface area (Å²) in [4.78, 5) is 37.7. The number of nitrogens with zero attached hydrogens (tertiary/aromatic N) is 3. The number of hydrogen-bond donors (Lipinski definition) is 3. The van der Waals surface area contributed by atoms with Gasteiger partial charge in [-0.2, -0.15) is 5.26 Å². The summed E-state index contributed by atoms with van der Waals surface area (Å²) in [5.74, 6) is -1.58. The van der Waals surface area contributed by atoms with Crippen LogP contribution in [-0.4, -0.2) is 60.3 Å². The molecule has 2 rings (SSSR count). The number of carbonyl (C=O) groups is 2. The molecule has 11 heteroatoms. The number of ether oxygens (including phenoxy) is 1. The van der Waals surface area contributed by atoms with Gasteiger partial charge in [0.15, 0.2) is 5.57 Å². The number of carbonyl (C=O) groups excluding carboxylic acids is 1. The molecule has 2 aromatic rings. The van der Waals surface area contributed by atoms with Crippen LogP contribution in [0.2, 0.25) is 0 Å². The van der Waals surface area contributed by atoms with E-state index in [1.165, 1.54) is 10.8 Å². The van der Waals surface area contributed by atoms with E-state index in [4.69, 9.17) is 15.1 Å². The summed E-state index contributed by atoms with van der Waals surface area (Å²) >= 11 is 0.981. The van der Waals surface area contributed by atoms with E-state index in [-0.39, 0.29) is 33.8 Å². The summed E-state index contributed by atoms with van der Waals surface area (Å²) in [5.41, 5.74) is 5.64. The van der Waals surface area contributed by atoms with E-state index in [0.29, 0.717) is 24.5 Å². The number of carboxylic acid groups (broad SMARTS) is 1. The van der Waals surface area contributed by atoms with Crippen LogP contribution < -0.4 is 25.4 Å². The Morgan fingerprint density at radius 2 is 2.09 bits per heavy atom. The van der Waals surface area contributed by atoms with Crippen molar-refractivity contribution in [1.29, 1.82) is 5.26 Å². The number of hydrogen-bond acceptors (Lipinski definition) is 8. The molecule has 0 saturated carbocycles. The van der Waals surface area contributed by atoms with Gasteiger partial charge in [0, 0.05) is 37.8 Å². The van der Waals surface area contributed by atoms with E-state index in [9.17, 15) is 14.4 Å². The quantitative estimate of drug-likeness (QED) is 0.326. The lowest BCUT2D eigenvalue weighted by Gasteiger charge is -2.15. The number of nitrogens with one attached hydrogen (secondary N) is 2. The Morgan fingerprint density at radius 3 is 2.74 bits per heavy atom. The number of rotatable bonds is 10. The highest BCUT2D eigenvalue weighted by Crippen LogP contribution is 2.15. The van der Waals surface area contributed by atoms with Crippen molar-refractivity contribution in [3.63, 3.8) is 0 Å². The zero-order valence-electron chi connectivity index (χ0n) is 19.0. The topological polar surface area (TPSA) is 137 Å². The van der Waals surface area contributed by atoms with Crippen LogP contribution >= 0.6 is 11.3 Å². The molecule has 1 aromatic carbocycles. The average molecular weight is 484 g/mol. The monoisotopic (exact) mass is 483 g/mol. The third-order valence-electron chi connectivity index (χ3n) is 4.44. The van der Waals surface area contributed by atoms with E-state index in [0.717, 1.165) is 11.3 Å². The van der Waals surface area contributed by atoms with Gasteiger partial charge >= 0.3 is 5.97 Å². The lowest BCUT2D eigenvalue weighted by Crippen LogP contribution is -2.32. The molecule has 1 amide bonds. The minimum atomic E-state index is -1.41. The number of aromatic nitrogens is 1. The van der Waals surface area contributed by atoms with Crippen molar-refractivity contribution in [2.24, 2.45) is 0 Å². The van der Waals surface area contributed by atoms with Crippen LogP contribution in [0, 0.1) is 11.3 Å². The first-order chi connectivity index (χ1) is 16.3. The van der Waals surface area contributed by atoms with Gasteiger partial charge in [-0.05, 0) is 32.2 Å². The minimum Gasteiger partial charge on any atom is -0.477 e. The zero-order valence-corrected chi connectivity index (χ0v) is 19.9. The molecule has 178 valence electrons. The summed E-state index contributed by atoms with van der Waals surface area (Å²) in [5, 5.41) is 23.8. The molecule has 10 nitrogen and oxygen atoms in total. The molecule has 34 heavy (non-hydrogen) atoms. The number of likely N-dealkylation sites (N-methyl/N-ethyl adjacent to an activating group) is 1. The molecule has 0 atom stereocenters. The third-order valence-corrected chi connectivity index (χ3v) is 5.45. The molecule has 0 unspecified atom stereocenters. The number of anilines is 2. The lowest BCUT2D eigenvalue weighted by atomic mass is 10.2. The Labute approximate surface area is 200 Å². The van der Waals surface area contributed by atoms with Crippen molar-refractivity contribution < 1.29 is 19.4 Å². The fourth-order valence-electron chi connectivity index (χ4n) is 2.76. The van der Waals surface area contributed by atoms with Crippen LogP contribution in [0.3, 0.4) is 0 Å². The molecule has 0 aliphatic heterocycles. The standard InChI is InChI=1S/C23H25N5O5S/c1-4-28-21(12-16(14-24)23(31)32)34-19(22(28)30)8-9-25-17-6-5-7-18(13-17)26-20(29)15-27(2)10-11-33-3/h5-7,9,13,25H,4,10-11,15H2,1-3H3,(H,26,29)(H,31,32). The number of nitriles is 1. The van der Waals surface area contributed by atoms with Crippen LogP contribution in [0.15, 0.2) is 40.8 Å². The summed E-state index contributed by atoms with van der Waals surface area (Å²) in [7, 11) is 3.44. The lowest BCUT2D eigenvalue weighted by molar-refractivity contribution is -0.132. The Hall–Kier alpha value is -3.90. The summed E-state index contributed by atoms with van der Waals surface area (Å²) < 4.78 is 6.77. The van der Waals surface area contributed by atoms with Gasteiger partial charge in [0.25, 0.3) is 5.56 Å². The summed E-state index contributed by atoms with van der Waals surface area (Å²) in [6, 6.07) is 8.59. The fraction of sp³-hybridized carbons (Fsp3) is 0.304. The van der Waals surface area contributed by atoms with Crippen LogP contribution in [0.5, 0.6) is 0 Å². The number of benzene rings is 1. The fourth-order valence-corrected chi connectivity index (χ4v) is 3.75. The van der Waals surface area contributed by atoms with Gasteiger partial charge in [0.1, 0.15) is 15.3 Å². The third kappa shape index (κ3) is 7.60. The van der Waals surface area contributed by atoms with Crippen molar-refractivity contribution in [3.8, 4) is 6.07 Å². The maximum absolute atomic E-state index is 12.6. The Kier molecular flexibility index (Phi) is 10.0. The van der Waals surface area contributed by atoms with Crippen molar-refractivity contribution >= 4 is 46.1 Å². The maximum Gasteiger partial charge on any atom is 0.354 e. The largest absolute Gasteiger partial charge is 0.477 e. The van der Waals surface area contributed by atoms with Gasteiger partial charge in [0.2, 0.25) is 5.91 Å². The van der Waals surface area contributed by atoms with E-state index in [2.05, 4.69) is 22.1 Å². The van der Waals surface area contributed by atoms with Crippen molar-refractivity contribution in [1.82, 2.24) is 9.47 Å². The molecule has 0 spiro atoms. The molecule has 0 aliphatic carbocycles. The van der Waals surface area contributed by atoms with Gasteiger partial charge in [-0.3, -0.25) is 19.1 Å². The Morgan fingerprint density at radius 1 is 1.35 bits per heavy atom. The second-order valence-electron chi connectivity index (χ2n) is 7.00. The molecule has 1 aromatic heterocycles. The maximum atomic E-state index is 12.6. The van der Waals surface area contributed by atoms with Gasteiger partial charge in [-0.25, -0.2) is 4.79 Å². The second kappa shape index (κ2) is 13.0. The molecule has 3 N–H and O–H groups in total. The second-order valence-corrected chi connectivity index (χ2v) is 7.99. The zero-order chi connectivity index (χ0) is 25.1. The van der Waals surface area contributed by atoms with Crippen LogP contribution in [0.4, 0.5) is 11.4 Å². The van der Waals surface area contributed by atoms with Gasteiger partial charge in [0.05, 0.1) is 13.2 Å². The number of thiazole rings is 1. The van der Waals surface area contributed by atoms with Gasteiger partial charge in [-0.15, -0.1) is 0 Å². The number of carboxylic acids is 1. The summed E-state index contributed by atoms with van der Waals surface area (Å²) in [6.45, 7) is 3.41. The highest BCUT2D eigenvalue weighted by Gasteiger charge is 2.08. The first-order valence-corrected chi connectivity index (χ1v) is 11.0. The minimum absolute atomic E-state index is 0.161. The first kappa shape index (κ1) is 26.4. The SMILES string of the molecule is CCn1c(=C=C(C#N)C(=O)O)sc(=C=CNc2cccc(NC(=O)CN(C)CCOC)c2)c1=O. The Balaban J connectivity index is 2.25. The normalized spacial score (nSPS) is 10.1. The molecule has 0 bridgehead atoms. The van der Waals surface area contributed by atoms with Crippen LogP contribution in [0.1, 0.15) is 6.92 Å². The van der Waals surface area contributed by atoms with Gasteiger partial charge < -0.3 is 20.5 Å². The van der Waals surface area contributed by atoms with E-state index in [1.54, 1.807) is 44.4 Å². The number of amides is 1. The predicted octanol–water partition coefficient (Wildman–Crippen LogP) is 0.366. The summed E-state index contributed by atoms with van der Waals surface area (Å²) in [6.07, 6.45) is 1.45. The molecule has 0 aliphatic rings. The molecule has 1 heterocycles. The van der Waals surface area contributed by atoms with Crippen LogP contribution in [0.25, 0.3) is 11.5 Å². The highest BCUT2D eigenvalue weighted by atomic mass is 32.1. The van der Waals surface area contributed by atoms with E-state index >= 15 is 0 Å². The van der Waals surface area contributed by atoms with E-state index in [1.807, 2.05) is 11.9 Å². The van der Waals surface area contributed by atoms with E-state index < -0.39 is 11.5 Å². The molecule has 0 saturated heterocycles. The predicted molar refractivity (Wildman–Crippen MR) is 130 cm³/mol. The molecule has 0 radical (unpaired) electrons. The first-order valence-electron chi connectivity index (χ1n) is 10.2. The Bertz CT molecular complexity index is 1340. The van der Waals surface area contributed by atoms with Crippen LogP contribution in [-0.2, 0) is 20.9 Å². The van der Waals surface area contributed by atoms with Crippen molar-refractivity contribution in [2.45, 2.75) is 13.5 Å². The van der Waals surface area contributed by atoms with Crippen molar-refractivity contribution in [2.75, 3.05) is 44.5 Å². The average Bonchev–Trinajstić information content (AvgIpc) is 3.09. The van der Waals surface area contributed by atoms with Gasteiger partial charge in [-0.1, -0.05) is 28.9 Å². The number of methoxy groups -OCH3 is 1. The van der Waals surface area contributed by atoms with Crippen molar-refractivity contribution in [3.05, 3.63) is 55.6 Å². The molecular weight excluding hydrogens is 458 g/mol. The molecule has 0 fully saturated rings.